The van der Waals surface area contributed by atoms with E-state index in [1.54, 1.807) is 0 Å². The largest absolute Gasteiger partial charge is 0.0622 e. The van der Waals surface area contributed by atoms with Gasteiger partial charge in [-0.1, -0.05) is 169 Å². The first-order chi connectivity index (χ1) is 21.7. The predicted molar refractivity (Wildman–Crippen MR) is 190 cm³/mol. The Hall–Kier alpha value is -5.46. The van der Waals surface area contributed by atoms with Gasteiger partial charge in [-0.25, -0.2) is 0 Å². The zero-order valence-electron chi connectivity index (χ0n) is 25.0. The quantitative estimate of drug-likeness (QED) is 0.188. The molecule has 0 unspecified atom stereocenters. The second-order valence-electron chi connectivity index (χ2n) is 11.8. The topological polar surface area (TPSA) is 0 Å². The molecule has 208 valence electrons. The second kappa shape index (κ2) is 10.7. The second-order valence-corrected chi connectivity index (χ2v) is 11.8. The van der Waals surface area contributed by atoms with Gasteiger partial charge in [0.05, 0.1) is 0 Å². The summed E-state index contributed by atoms with van der Waals surface area (Å²) in [7, 11) is 0. The van der Waals surface area contributed by atoms with E-state index < -0.39 is 0 Å². The summed E-state index contributed by atoms with van der Waals surface area (Å²) in [5.74, 6) is 0. The molecule has 8 aromatic carbocycles. The average Bonchev–Trinajstić information content (AvgIpc) is 3.07. The number of fused-ring (bicyclic) bond motifs is 3. The van der Waals surface area contributed by atoms with Crippen molar-refractivity contribution in [2.75, 3.05) is 0 Å². The predicted octanol–water partition coefficient (Wildman–Crippen LogP) is 12.4. The van der Waals surface area contributed by atoms with E-state index >= 15 is 0 Å². The highest BCUT2D eigenvalue weighted by molar-refractivity contribution is 6.33. The van der Waals surface area contributed by atoms with Gasteiger partial charge in [0.15, 0.2) is 0 Å². The minimum absolute atomic E-state index is 1.23. The fourth-order valence-electron chi connectivity index (χ4n) is 7.14. The molecule has 0 fully saturated rings. The summed E-state index contributed by atoms with van der Waals surface area (Å²) >= 11 is 0. The van der Waals surface area contributed by atoms with Crippen molar-refractivity contribution in [1.82, 2.24) is 0 Å². The molecule has 0 aliphatic rings. The zero-order chi connectivity index (χ0) is 29.6. The maximum absolute atomic E-state index is 2.35. The molecule has 8 rings (SSSR count). The third-order valence-corrected chi connectivity index (χ3v) is 8.92. The molecule has 0 amide bonds. The summed E-state index contributed by atoms with van der Waals surface area (Å²) in [5, 5.41) is 7.68. The van der Waals surface area contributed by atoms with Gasteiger partial charge in [-0.2, -0.15) is 0 Å². The Bertz CT molecular complexity index is 2160. The van der Waals surface area contributed by atoms with Crippen molar-refractivity contribution in [3.05, 3.63) is 169 Å². The fraction of sp³-hybridized carbons (Fsp3) is 0.0455. The lowest BCUT2D eigenvalue weighted by molar-refractivity contribution is 1.47. The molecule has 44 heavy (non-hydrogen) atoms. The van der Waals surface area contributed by atoms with Crippen LogP contribution in [0.5, 0.6) is 0 Å². The third kappa shape index (κ3) is 4.22. The molecule has 0 radical (unpaired) electrons. The fourth-order valence-corrected chi connectivity index (χ4v) is 7.14. The van der Waals surface area contributed by atoms with Crippen LogP contribution in [0.25, 0.3) is 76.8 Å². The molecule has 0 spiro atoms. The van der Waals surface area contributed by atoms with Crippen molar-refractivity contribution in [3.8, 4) is 44.5 Å². The number of benzene rings is 8. The summed E-state index contributed by atoms with van der Waals surface area (Å²) < 4.78 is 0. The van der Waals surface area contributed by atoms with Crippen LogP contribution >= 0.6 is 0 Å². The first-order valence-corrected chi connectivity index (χ1v) is 15.4. The molecular formula is C44H32. The van der Waals surface area contributed by atoms with Crippen LogP contribution in [0, 0.1) is 13.8 Å². The van der Waals surface area contributed by atoms with E-state index in [0.717, 1.165) is 0 Å². The van der Waals surface area contributed by atoms with Gasteiger partial charge in [0.25, 0.3) is 0 Å². The van der Waals surface area contributed by atoms with Gasteiger partial charge >= 0.3 is 0 Å². The molecule has 0 saturated carbocycles. The molecule has 0 N–H and O–H groups in total. The summed E-state index contributed by atoms with van der Waals surface area (Å²) in [4.78, 5) is 0. The van der Waals surface area contributed by atoms with Gasteiger partial charge in [0.1, 0.15) is 0 Å². The smallest absolute Gasteiger partial charge is 0.000139 e. The molecule has 0 bridgehead atoms. The molecular weight excluding hydrogens is 528 g/mol. The van der Waals surface area contributed by atoms with E-state index in [4.69, 9.17) is 0 Å². The van der Waals surface area contributed by atoms with Crippen LogP contribution in [0.15, 0.2) is 158 Å². The van der Waals surface area contributed by atoms with Crippen LogP contribution in [0.1, 0.15) is 11.1 Å². The Morgan fingerprint density at radius 3 is 0.909 bits per heavy atom. The molecule has 0 saturated heterocycles. The zero-order valence-corrected chi connectivity index (χ0v) is 25.0. The van der Waals surface area contributed by atoms with Crippen molar-refractivity contribution in [1.29, 1.82) is 0 Å². The van der Waals surface area contributed by atoms with Gasteiger partial charge in [-0.05, 0) is 90.7 Å². The van der Waals surface area contributed by atoms with Crippen molar-refractivity contribution < 1.29 is 0 Å². The molecule has 0 aliphatic heterocycles. The number of aryl methyl sites for hydroxylation is 2. The normalized spacial score (nSPS) is 11.4. The Kier molecular flexibility index (Phi) is 6.35. The van der Waals surface area contributed by atoms with Crippen LogP contribution in [-0.4, -0.2) is 0 Å². The van der Waals surface area contributed by atoms with E-state index in [1.807, 2.05) is 0 Å². The maximum Gasteiger partial charge on any atom is -0.000139 e. The van der Waals surface area contributed by atoms with Gasteiger partial charge in [-0.15, -0.1) is 0 Å². The minimum Gasteiger partial charge on any atom is -0.0622 e. The molecule has 0 nitrogen and oxygen atoms in total. The first-order valence-electron chi connectivity index (χ1n) is 15.4. The number of hydrogen-bond donors (Lipinski definition) is 0. The molecule has 0 atom stereocenters. The Labute approximate surface area is 258 Å². The summed E-state index contributed by atoms with van der Waals surface area (Å²) in [6.07, 6.45) is 0. The highest BCUT2D eigenvalue weighted by Gasteiger charge is 2.25. The maximum atomic E-state index is 2.35. The molecule has 0 aromatic heterocycles. The van der Waals surface area contributed by atoms with Gasteiger partial charge in [0.2, 0.25) is 0 Å². The average molecular weight is 561 g/mol. The lowest BCUT2D eigenvalue weighted by Gasteiger charge is -2.25. The monoisotopic (exact) mass is 560 g/mol. The third-order valence-electron chi connectivity index (χ3n) is 8.92. The van der Waals surface area contributed by atoms with Crippen molar-refractivity contribution in [2.24, 2.45) is 0 Å². The summed E-state index contributed by atoms with van der Waals surface area (Å²) in [5.41, 5.74) is 12.6. The highest BCUT2D eigenvalue weighted by atomic mass is 14.3. The van der Waals surface area contributed by atoms with Crippen LogP contribution in [0.2, 0.25) is 0 Å². The van der Waals surface area contributed by atoms with E-state index in [0.29, 0.717) is 0 Å². The lowest BCUT2D eigenvalue weighted by Crippen LogP contribution is -1.98. The van der Waals surface area contributed by atoms with Crippen LogP contribution < -0.4 is 0 Å². The summed E-state index contributed by atoms with van der Waals surface area (Å²) in [6, 6.07) is 58.0. The standard InChI is InChI=1S/C44H32/c1-29-15-13-21-33(27-29)41-37-25-11-12-26-38(37)42(34-22-14-16-30(2)28-34)44-40(32-19-7-4-8-20-32)36-24-10-9-23-35(36)39(43(41)44)31-17-5-3-6-18-31/h3-28H,1-2H3. The van der Waals surface area contributed by atoms with Gasteiger partial charge in [0, 0.05) is 0 Å². The van der Waals surface area contributed by atoms with Crippen LogP contribution in [0.3, 0.4) is 0 Å². The first kappa shape index (κ1) is 26.2. The Morgan fingerprint density at radius 1 is 0.273 bits per heavy atom. The van der Waals surface area contributed by atoms with Crippen LogP contribution in [-0.2, 0) is 0 Å². The Morgan fingerprint density at radius 2 is 0.568 bits per heavy atom. The highest BCUT2D eigenvalue weighted by Crippen LogP contribution is 2.53. The Balaban J connectivity index is 1.77. The van der Waals surface area contributed by atoms with Crippen LogP contribution in [0.4, 0.5) is 0 Å². The molecule has 8 aromatic rings. The van der Waals surface area contributed by atoms with Crippen molar-refractivity contribution >= 4 is 32.3 Å². The van der Waals surface area contributed by atoms with E-state index in [-0.39, 0.29) is 0 Å². The van der Waals surface area contributed by atoms with E-state index in [2.05, 4.69) is 172 Å². The van der Waals surface area contributed by atoms with Gasteiger partial charge in [-0.3, -0.25) is 0 Å². The number of rotatable bonds is 4. The lowest BCUT2D eigenvalue weighted by atomic mass is 9.77. The molecule has 0 aliphatic carbocycles. The number of hydrogen-bond acceptors (Lipinski definition) is 0. The van der Waals surface area contributed by atoms with E-state index in [9.17, 15) is 0 Å². The van der Waals surface area contributed by atoms with Crippen molar-refractivity contribution in [3.63, 3.8) is 0 Å². The van der Waals surface area contributed by atoms with E-state index in [1.165, 1.54) is 88.0 Å². The van der Waals surface area contributed by atoms with Gasteiger partial charge < -0.3 is 0 Å². The molecule has 0 heteroatoms. The minimum atomic E-state index is 1.23. The van der Waals surface area contributed by atoms with Crippen molar-refractivity contribution in [2.45, 2.75) is 13.8 Å². The summed E-state index contributed by atoms with van der Waals surface area (Å²) in [6.45, 7) is 4.38. The molecule has 0 heterocycles. The SMILES string of the molecule is Cc1cccc(-c2c3ccccc3c(-c3cccc(C)c3)c3c(-c4ccccc4)c4ccccc4c(-c4ccccc4)c23)c1.